The van der Waals surface area contributed by atoms with Crippen molar-refractivity contribution in [3.05, 3.63) is 202 Å². The summed E-state index contributed by atoms with van der Waals surface area (Å²) in [7, 11) is 0. The predicted molar refractivity (Wildman–Crippen MR) is 452 cm³/mol. The van der Waals surface area contributed by atoms with Crippen LogP contribution in [0.1, 0.15) is 269 Å². The van der Waals surface area contributed by atoms with E-state index in [4.69, 9.17) is 0 Å². The van der Waals surface area contributed by atoms with Gasteiger partial charge in [-0.15, -0.1) is 0 Å². The summed E-state index contributed by atoms with van der Waals surface area (Å²) in [6.45, 7) is 33.8. The minimum atomic E-state index is 0.415. The van der Waals surface area contributed by atoms with Crippen LogP contribution in [0.4, 0.5) is 22.7 Å². The van der Waals surface area contributed by atoms with Gasteiger partial charge in [-0.3, -0.25) is 0 Å². The minimum Gasteiger partial charge on any atom is -0.381 e. The lowest BCUT2D eigenvalue weighted by atomic mass is 9.66. The molecule has 0 heterocycles. The molecular weight excluding hydrogens is 1270 g/mol. The van der Waals surface area contributed by atoms with Crippen LogP contribution in [-0.2, 0) is 6.42 Å². The van der Waals surface area contributed by atoms with E-state index in [9.17, 15) is 0 Å². The number of anilines is 4. The van der Waals surface area contributed by atoms with Gasteiger partial charge < -0.3 is 20.0 Å². The number of fused-ring (bicyclic) bond motifs is 2. The van der Waals surface area contributed by atoms with Crippen LogP contribution in [0.15, 0.2) is 157 Å². The number of rotatable bonds is 20. The van der Waals surface area contributed by atoms with Crippen LogP contribution in [0, 0.1) is 59.2 Å². The van der Waals surface area contributed by atoms with Crippen molar-refractivity contribution in [1.82, 2.24) is 0 Å². The van der Waals surface area contributed by atoms with Gasteiger partial charge in [0.05, 0.1) is 5.56 Å². The van der Waals surface area contributed by atoms with Crippen molar-refractivity contribution in [2.45, 2.75) is 267 Å². The lowest BCUT2D eigenvalue weighted by Gasteiger charge is -2.43. The molecule has 0 aliphatic heterocycles. The van der Waals surface area contributed by atoms with Gasteiger partial charge in [0.25, 0.3) is 0 Å². The molecule has 5 aromatic carbocycles. The zero-order valence-corrected chi connectivity index (χ0v) is 67.1. The molecule has 0 aromatic heterocycles. The topological polar surface area (TPSA) is 38.7 Å². The SMILES string of the molecule is CCN(c1ccc(C(=C2C=CC(=[NH+]C3C(C)CC(CC4CC(C)C(Nc5ccc(C(=C6C=CC(=[N+](CC)C7CCCCC7C)C=C6)c6ccc(N(CC)C7CCCCC7C)cc6)c6c5C=CCC6)C(C)C4)CC3C)c3ccccc32)c2ccc(N(CC)C3CCCCC3C)cc2)cc1)C1CCCCC1C. The van der Waals surface area contributed by atoms with Gasteiger partial charge in [-0.1, -0.05) is 173 Å². The number of hydrogen-bond acceptors (Lipinski definition) is 4. The zero-order valence-electron chi connectivity index (χ0n) is 67.1. The van der Waals surface area contributed by atoms with E-state index < -0.39 is 0 Å². The molecule has 6 nitrogen and oxygen atoms in total. The molecule has 5 aromatic rings. The summed E-state index contributed by atoms with van der Waals surface area (Å²) in [5, 5.41) is 4.34. The van der Waals surface area contributed by atoms with Crippen LogP contribution in [0.5, 0.6) is 0 Å². The van der Waals surface area contributed by atoms with Crippen molar-refractivity contribution in [2.24, 2.45) is 59.2 Å². The molecule has 9 aliphatic carbocycles. The highest BCUT2D eigenvalue weighted by molar-refractivity contribution is 6.17. The Morgan fingerprint density at radius 3 is 1.40 bits per heavy atom. The quantitative estimate of drug-likeness (QED) is 0.0762. The van der Waals surface area contributed by atoms with Gasteiger partial charge in [-0.25, -0.2) is 9.57 Å². The lowest BCUT2D eigenvalue weighted by molar-refractivity contribution is -0.572. The van der Waals surface area contributed by atoms with Crippen molar-refractivity contribution >= 4 is 57.0 Å². The molecule has 0 bridgehead atoms. The first-order chi connectivity index (χ1) is 51.2. The fourth-order valence-electron chi connectivity index (χ4n) is 23.1. The van der Waals surface area contributed by atoms with E-state index in [1.807, 2.05) is 0 Å². The van der Waals surface area contributed by atoms with E-state index in [2.05, 4.69) is 270 Å². The first kappa shape index (κ1) is 74.9. The molecule has 0 radical (unpaired) electrons. The fourth-order valence-corrected chi connectivity index (χ4v) is 23.1. The van der Waals surface area contributed by atoms with Gasteiger partial charge in [0, 0.05) is 115 Å². The minimum absolute atomic E-state index is 0.415. The number of hydrogen-bond donors (Lipinski definition) is 2. The number of nitrogens with zero attached hydrogens (tertiary/aromatic N) is 4. The molecule has 14 rings (SSSR count). The Kier molecular flexibility index (Phi) is 24.3. The molecule has 6 saturated carbocycles. The van der Waals surface area contributed by atoms with E-state index in [0.717, 1.165) is 74.5 Å². The van der Waals surface area contributed by atoms with Crippen LogP contribution in [-0.4, -0.2) is 78.4 Å². The average molecular weight is 1410 g/mol. The summed E-state index contributed by atoms with van der Waals surface area (Å²) in [4.78, 5) is 12.4. The standard InChI is InChI=1S/C99H132N6/c1-13-102(92-37-25-17-29-66(92)5)80-49-41-76(42-50-80)96(77-43-51-81(52-44-77)103(14-2)93-38-26-18-30-67(93)6)88-57-59-90(86-35-23-21-33-84(86)88)100-98-70(9)61-74(62-71(98)10)65-75-63-72(11)99(73(12)64-75)101-91-60-58-89(85-34-22-24-36-87(85)91)97(78-45-53-82(54-46-78)104(15-3)94-39-27-19-31-68(94)7)79-47-55-83(56-48-79)105(16-4)95-40-28-20-32-69(95)8/h21,23-24,33,35-36,41-60,66-75,92-95,98-99H,13-20,22,25-32,34,37-40,61-65H2,1-12H3/p+2. The Hall–Kier alpha value is -6.92. The zero-order chi connectivity index (χ0) is 72.8. The highest BCUT2D eigenvalue weighted by atomic mass is 15.2. The van der Waals surface area contributed by atoms with Gasteiger partial charge in [0.2, 0.25) is 5.71 Å². The largest absolute Gasteiger partial charge is 0.381 e. The Balaban J connectivity index is 0.685. The van der Waals surface area contributed by atoms with Crippen molar-refractivity contribution in [3.63, 3.8) is 0 Å². The summed E-state index contributed by atoms with van der Waals surface area (Å²) in [6.07, 6.45) is 49.7. The first-order valence-corrected chi connectivity index (χ1v) is 43.3. The molecule has 9 aliphatic rings. The highest BCUT2D eigenvalue weighted by Crippen LogP contribution is 2.47. The van der Waals surface area contributed by atoms with Crippen LogP contribution < -0.4 is 25.0 Å². The van der Waals surface area contributed by atoms with Crippen molar-refractivity contribution in [1.29, 1.82) is 0 Å². The molecule has 6 fully saturated rings. The van der Waals surface area contributed by atoms with Gasteiger partial charge in [-0.2, -0.15) is 0 Å². The summed E-state index contributed by atoms with van der Waals surface area (Å²) in [5.41, 5.74) is 24.2. The van der Waals surface area contributed by atoms with Crippen LogP contribution in [0.25, 0.3) is 22.8 Å². The Labute approximate surface area is 636 Å². The van der Waals surface area contributed by atoms with Gasteiger partial charge in [0.15, 0.2) is 17.8 Å². The third-order valence-corrected chi connectivity index (χ3v) is 28.4. The normalized spacial score (nSPS) is 30.0. The lowest BCUT2D eigenvalue weighted by Crippen LogP contribution is -2.84. The molecule has 2 N–H and O–H groups in total. The highest BCUT2D eigenvalue weighted by Gasteiger charge is 2.42. The summed E-state index contributed by atoms with van der Waals surface area (Å²) in [5.74, 6) is 6.71. The molecule has 6 heteroatoms. The Bertz CT molecular complexity index is 3920. The molecule has 105 heavy (non-hydrogen) atoms. The second-order valence-corrected chi connectivity index (χ2v) is 35.3. The monoisotopic (exact) mass is 1410 g/mol. The molecule has 0 spiro atoms. The van der Waals surface area contributed by atoms with Crippen molar-refractivity contribution < 1.29 is 9.57 Å². The predicted octanol–water partition coefficient (Wildman–Crippen LogP) is 22.8. The van der Waals surface area contributed by atoms with Crippen LogP contribution in [0.2, 0.25) is 0 Å². The maximum Gasteiger partial charge on any atom is 0.206 e. The molecule has 0 amide bonds. The van der Waals surface area contributed by atoms with Crippen molar-refractivity contribution in [3.8, 4) is 0 Å². The van der Waals surface area contributed by atoms with Gasteiger partial charge >= 0.3 is 0 Å². The van der Waals surface area contributed by atoms with Crippen molar-refractivity contribution in [2.75, 3.05) is 46.2 Å². The maximum absolute atomic E-state index is 4.34. The number of allylic oxidation sites excluding steroid dienone is 9. The number of benzene rings is 5. The third-order valence-electron chi connectivity index (χ3n) is 28.4. The van der Waals surface area contributed by atoms with E-state index in [1.54, 1.807) is 0 Å². The first-order valence-electron chi connectivity index (χ1n) is 43.3. The molecule has 12 atom stereocenters. The maximum atomic E-state index is 4.34. The number of nitrogens with one attached hydrogen (secondary N) is 2. The fraction of sp³-hybridized carbons (Fsp3) is 0.556. The van der Waals surface area contributed by atoms with Crippen LogP contribution >= 0.6 is 0 Å². The summed E-state index contributed by atoms with van der Waals surface area (Å²) >= 11 is 0. The molecule has 0 saturated heterocycles. The van der Waals surface area contributed by atoms with Crippen LogP contribution in [0.3, 0.4) is 0 Å². The Morgan fingerprint density at radius 2 is 0.914 bits per heavy atom. The molecular formula is C99H134N6+2. The average Bonchev–Trinajstić information content (AvgIpc) is 0.766. The van der Waals surface area contributed by atoms with E-state index >= 15 is 0 Å². The summed E-state index contributed by atoms with van der Waals surface area (Å²) in [6, 6.07) is 46.9. The third kappa shape index (κ3) is 16.2. The van der Waals surface area contributed by atoms with E-state index in [-0.39, 0.29) is 0 Å². The Morgan fingerprint density at radius 1 is 0.448 bits per heavy atom. The van der Waals surface area contributed by atoms with E-state index in [0.29, 0.717) is 59.9 Å². The van der Waals surface area contributed by atoms with E-state index in [1.165, 1.54) is 236 Å². The van der Waals surface area contributed by atoms with Gasteiger partial charge in [0.1, 0.15) is 6.54 Å². The smallest absolute Gasteiger partial charge is 0.206 e. The van der Waals surface area contributed by atoms with Gasteiger partial charge in [-0.05, 0) is 288 Å². The second-order valence-electron chi connectivity index (χ2n) is 35.3. The molecule has 558 valence electrons. The summed E-state index contributed by atoms with van der Waals surface area (Å²) < 4.78 is 2.71. The second kappa shape index (κ2) is 34.1. The molecule has 12 unspecified atom stereocenters.